The lowest BCUT2D eigenvalue weighted by Gasteiger charge is -2.09. The zero-order valence-electron chi connectivity index (χ0n) is 13.8. The maximum atomic E-state index is 11.0. The number of furan rings is 1. The van der Waals surface area contributed by atoms with E-state index in [0.717, 1.165) is 19.5 Å². The minimum Gasteiger partial charge on any atom is -0.454 e. The fourth-order valence-corrected chi connectivity index (χ4v) is 2.87. The van der Waals surface area contributed by atoms with Gasteiger partial charge in [0.05, 0.1) is 6.54 Å². The van der Waals surface area contributed by atoms with E-state index < -0.39 is 5.91 Å². The SMILES string of the molecule is CCNC(=NCc1ccc(C(N)=O)o1)NCc1ccc(CC)s1.I. The standard InChI is InChI=1S/C16H22N4O2S.HI/c1-3-12-6-7-13(23-12)10-20-16(18-4-2)19-9-11-5-8-14(22-11)15(17)21;/h5-8H,3-4,9-10H2,1-2H3,(H2,17,21)(H2,18,19,20);1H. The number of hydrogen-bond donors (Lipinski definition) is 3. The fourth-order valence-electron chi connectivity index (χ4n) is 1.97. The van der Waals surface area contributed by atoms with Crippen molar-refractivity contribution >= 4 is 47.2 Å². The summed E-state index contributed by atoms with van der Waals surface area (Å²) >= 11 is 1.80. The van der Waals surface area contributed by atoms with Crippen LogP contribution in [0.25, 0.3) is 0 Å². The quantitative estimate of drug-likeness (QED) is 0.335. The molecule has 0 aromatic carbocycles. The monoisotopic (exact) mass is 462 g/mol. The zero-order chi connectivity index (χ0) is 16.7. The van der Waals surface area contributed by atoms with Crippen molar-refractivity contribution in [1.29, 1.82) is 0 Å². The molecule has 0 fully saturated rings. The third kappa shape index (κ3) is 6.16. The van der Waals surface area contributed by atoms with Crippen LogP contribution < -0.4 is 16.4 Å². The third-order valence-electron chi connectivity index (χ3n) is 3.14. The largest absolute Gasteiger partial charge is 0.454 e. The first-order chi connectivity index (χ1) is 11.1. The molecule has 0 saturated heterocycles. The molecule has 0 spiro atoms. The fraction of sp³-hybridized carbons (Fsp3) is 0.375. The minimum absolute atomic E-state index is 0. The van der Waals surface area contributed by atoms with Gasteiger partial charge in [-0.2, -0.15) is 0 Å². The topological polar surface area (TPSA) is 92.6 Å². The Morgan fingerprint density at radius 3 is 2.54 bits per heavy atom. The summed E-state index contributed by atoms with van der Waals surface area (Å²) in [7, 11) is 0. The number of rotatable bonds is 7. The van der Waals surface area contributed by atoms with E-state index in [-0.39, 0.29) is 29.7 Å². The Kier molecular flexibility index (Phi) is 8.83. The summed E-state index contributed by atoms with van der Waals surface area (Å²) in [5.74, 6) is 0.880. The number of halogens is 1. The number of nitrogens with zero attached hydrogens (tertiary/aromatic N) is 1. The van der Waals surface area contributed by atoms with E-state index in [4.69, 9.17) is 10.2 Å². The molecule has 132 valence electrons. The number of aryl methyl sites for hydroxylation is 1. The molecule has 0 unspecified atom stereocenters. The van der Waals surface area contributed by atoms with Gasteiger partial charge in [0.15, 0.2) is 11.7 Å². The molecule has 4 N–H and O–H groups in total. The van der Waals surface area contributed by atoms with Gasteiger partial charge < -0.3 is 20.8 Å². The summed E-state index contributed by atoms with van der Waals surface area (Å²) in [5.41, 5.74) is 5.16. The van der Waals surface area contributed by atoms with Crippen LogP contribution in [0.2, 0.25) is 0 Å². The number of nitrogens with one attached hydrogen (secondary N) is 2. The van der Waals surface area contributed by atoms with E-state index in [1.807, 2.05) is 6.92 Å². The van der Waals surface area contributed by atoms with Gasteiger partial charge in [0, 0.05) is 16.3 Å². The summed E-state index contributed by atoms with van der Waals surface area (Å²) in [6.45, 7) is 5.99. The lowest BCUT2D eigenvalue weighted by atomic mass is 10.3. The van der Waals surface area contributed by atoms with Gasteiger partial charge in [-0.1, -0.05) is 6.92 Å². The number of amides is 1. The van der Waals surface area contributed by atoms with Crippen LogP contribution in [0.4, 0.5) is 0 Å². The Morgan fingerprint density at radius 2 is 1.96 bits per heavy atom. The number of carbonyl (C=O) groups excluding carboxylic acids is 1. The Morgan fingerprint density at radius 1 is 1.21 bits per heavy atom. The summed E-state index contributed by atoms with van der Waals surface area (Å²) in [5, 5.41) is 6.47. The maximum absolute atomic E-state index is 11.0. The van der Waals surface area contributed by atoms with Crippen LogP contribution in [0.3, 0.4) is 0 Å². The molecule has 2 aromatic rings. The number of guanidine groups is 1. The highest BCUT2D eigenvalue weighted by Crippen LogP contribution is 2.16. The molecule has 0 saturated carbocycles. The molecular formula is C16H23IN4O2S. The molecule has 0 radical (unpaired) electrons. The van der Waals surface area contributed by atoms with Gasteiger partial charge >= 0.3 is 0 Å². The van der Waals surface area contributed by atoms with Crippen LogP contribution in [-0.2, 0) is 19.5 Å². The molecule has 0 aliphatic heterocycles. The van der Waals surface area contributed by atoms with Crippen LogP contribution in [-0.4, -0.2) is 18.4 Å². The van der Waals surface area contributed by atoms with Crippen molar-refractivity contribution < 1.29 is 9.21 Å². The van der Waals surface area contributed by atoms with Gasteiger partial charge in [0.25, 0.3) is 5.91 Å². The van der Waals surface area contributed by atoms with Gasteiger partial charge in [-0.25, -0.2) is 4.99 Å². The van der Waals surface area contributed by atoms with Crippen molar-refractivity contribution in [3.8, 4) is 0 Å². The van der Waals surface area contributed by atoms with Crippen LogP contribution in [0.5, 0.6) is 0 Å². The van der Waals surface area contributed by atoms with Crippen molar-refractivity contribution in [3.05, 3.63) is 45.5 Å². The first kappa shape index (κ1) is 20.5. The minimum atomic E-state index is -0.574. The summed E-state index contributed by atoms with van der Waals surface area (Å²) in [6.07, 6.45) is 1.06. The highest BCUT2D eigenvalue weighted by molar-refractivity contribution is 14.0. The lowest BCUT2D eigenvalue weighted by molar-refractivity contribution is 0.0972. The summed E-state index contributed by atoms with van der Waals surface area (Å²) in [6, 6.07) is 7.55. The number of carbonyl (C=O) groups is 1. The van der Waals surface area contributed by atoms with Crippen LogP contribution >= 0.6 is 35.3 Å². The predicted octanol–water partition coefficient (Wildman–Crippen LogP) is 2.88. The normalized spacial score (nSPS) is 11.0. The second-order valence-electron chi connectivity index (χ2n) is 4.90. The molecule has 0 aliphatic rings. The van der Waals surface area contributed by atoms with Crippen LogP contribution in [0.15, 0.2) is 33.7 Å². The average Bonchev–Trinajstić information content (AvgIpc) is 3.19. The van der Waals surface area contributed by atoms with Crippen molar-refractivity contribution in [2.24, 2.45) is 10.7 Å². The maximum Gasteiger partial charge on any atom is 0.284 e. The Hall–Kier alpha value is -1.55. The van der Waals surface area contributed by atoms with Gasteiger partial charge in [-0.3, -0.25) is 4.79 Å². The van der Waals surface area contributed by atoms with Crippen molar-refractivity contribution in [2.45, 2.75) is 33.4 Å². The molecule has 2 heterocycles. The zero-order valence-corrected chi connectivity index (χ0v) is 16.9. The Bertz CT molecular complexity index is 681. The van der Waals surface area contributed by atoms with E-state index >= 15 is 0 Å². The molecule has 2 rings (SSSR count). The van der Waals surface area contributed by atoms with Gasteiger partial charge in [0.1, 0.15) is 12.3 Å². The molecular weight excluding hydrogens is 439 g/mol. The highest BCUT2D eigenvalue weighted by atomic mass is 127. The molecule has 1 amide bonds. The van der Waals surface area contributed by atoms with Crippen LogP contribution in [0.1, 0.15) is 39.9 Å². The number of aliphatic imine (C=N–C) groups is 1. The summed E-state index contributed by atoms with van der Waals surface area (Å²) in [4.78, 5) is 18.1. The van der Waals surface area contributed by atoms with E-state index in [1.54, 1.807) is 23.5 Å². The van der Waals surface area contributed by atoms with E-state index in [9.17, 15) is 4.79 Å². The summed E-state index contributed by atoms with van der Waals surface area (Å²) < 4.78 is 5.32. The second kappa shape index (κ2) is 10.3. The first-order valence-electron chi connectivity index (χ1n) is 7.60. The number of thiophene rings is 1. The van der Waals surface area contributed by atoms with Gasteiger partial charge in [-0.15, -0.1) is 35.3 Å². The van der Waals surface area contributed by atoms with E-state index in [1.165, 1.54) is 9.75 Å². The average molecular weight is 462 g/mol. The number of primary amides is 1. The van der Waals surface area contributed by atoms with Gasteiger partial charge in [-0.05, 0) is 37.6 Å². The van der Waals surface area contributed by atoms with Crippen molar-refractivity contribution in [1.82, 2.24) is 10.6 Å². The van der Waals surface area contributed by atoms with Crippen LogP contribution in [0, 0.1) is 0 Å². The molecule has 0 bridgehead atoms. The molecule has 6 nitrogen and oxygen atoms in total. The molecule has 8 heteroatoms. The first-order valence-corrected chi connectivity index (χ1v) is 8.42. The van der Waals surface area contributed by atoms with Crippen molar-refractivity contribution in [2.75, 3.05) is 6.54 Å². The molecule has 2 aromatic heterocycles. The van der Waals surface area contributed by atoms with E-state index in [2.05, 4.69) is 34.7 Å². The highest BCUT2D eigenvalue weighted by Gasteiger charge is 2.07. The molecule has 24 heavy (non-hydrogen) atoms. The smallest absolute Gasteiger partial charge is 0.284 e. The van der Waals surface area contributed by atoms with Gasteiger partial charge in [0.2, 0.25) is 0 Å². The predicted molar refractivity (Wildman–Crippen MR) is 108 cm³/mol. The van der Waals surface area contributed by atoms with Crippen molar-refractivity contribution in [3.63, 3.8) is 0 Å². The number of nitrogens with two attached hydrogens (primary N) is 1. The molecule has 0 atom stereocenters. The molecule has 0 aliphatic carbocycles. The number of hydrogen-bond acceptors (Lipinski definition) is 4. The Labute approximate surface area is 162 Å². The third-order valence-corrected chi connectivity index (χ3v) is 4.37. The Balaban J connectivity index is 0.00000288. The van der Waals surface area contributed by atoms with E-state index in [0.29, 0.717) is 18.3 Å². The lowest BCUT2D eigenvalue weighted by Crippen LogP contribution is -2.36. The second-order valence-corrected chi connectivity index (χ2v) is 6.15.